The lowest BCUT2D eigenvalue weighted by molar-refractivity contribution is -0.131. The highest BCUT2D eigenvalue weighted by Gasteiger charge is 2.07. The minimum absolute atomic E-state index is 0.226. The van der Waals surface area contributed by atoms with Gasteiger partial charge in [-0.05, 0) is 30.8 Å². The first-order valence-corrected chi connectivity index (χ1v) is 6.94. The fourth-order valence-corrected chi connectivity index (χ4v) is 1.76. The summed E-state index contributed by atoms with van der Waals surface area (Å²) in [7, 11) is 0. The van der Waals surface area contributed by atoms with Gasteiger partial charge in [0.15, 0.2) is 0 Å². The smallest absolute Gasteiger partial charge is 0.328 e. The van der Waals surface area contributed by atoms with Crippen LogP contribution in [-0.4, -0.2) is 53.0 Å². The average molecular weight is 291 g/mol. The lowest BCUT2D eigenvalue weighted by Gasteiger charge is -2.17. The maximum absolute atomic E-state index is 11.9. The Balaban J connectivity index is 2.49. The summed E-state index contributed by atoms with van der Waals surface area (Å²) >= 11 is 0. The molecule has 1 rings (SSSR count). The van der Waals surface area contributed by atoms with Crippen LogP contribution in [0.15, 0.2) is 24.4 Å². The normalized spacial score (nSPS) is 11.0. The summed E-state index contributed by atoms with van der Waals surface area (Å²) in [5, 5.41) is 11.3. The molecule has 0 spiro atoms. The molecule has 0 atom stereocenters. The maximum atomic E-state index is 11.9. The van der Waals surface area contributed by atoms with Crippen molar-refractivity contribution >= 4 is 18.0 Å². The first kappa shape index (κ1) is 16.8. The fraction of sp³-hybridized carbons (Fsp3) is 0.400. The van der Waals surface area contributed by atoms with Gasteiger partial charge in [0.05, 0.1) is 0 Å². The summed E-state index contributed by atoms with van der Waals surface area (Å²) in [6.45, 7) is 7.44. The number of pyridine rings is 1. The Morgan fingerprint density at radius 2 is 2.05 bits per heavy atom. The zero-order valence-electron chi connectivity index (χ0n) is 12.4. The van der Waals surface area contributed by atoms with Crippen molar-refractivity contribution in [2.45, 2.75) is 13.8 Å². The predicted molar refractivity (Wildman–Crippen MR) is 81.0 cm³/mol. The summed E-state index contributed by atoms with van der Waals surface area (Å²) in [4.78, 5) is 28.5. The number of carbonyl (C=O) groups excluding carboxylic acids is 1. The zero-order chi connectivity index (χ0) is 15.7. The van der Waals surface area contributed by atoms with Gasteiger partial charge in [0.2, 0.25) is 0 Å². The predicted octanol–water partition coefficient (Wildman–Crippen LogP) is 1.25. The van der Waals surface area contributed by atoms with Crippen molar-refractivity contribution in [1.82, 2.24) is 15.2 Å². The Hall–Kier alpha value is -2.21. The maximum Gasteiger partial charge on any atom is 0.328 e. The zero-order valence-corrected chi connectivity index (χ0v) is 12.4. The Bertz CT molecular complexity index is 493. The van der Waals surface area contributed by atoms with E-state index in [2.05, 4.69) is 29.0 Å². The van der Waals surface area contributed by atoms with Gasteiger partial charge in [-0.3, -0.25) is 9.78 Å². The van der Waals surface area contributed by atoms with Crippen LogP contribution in [0.5, 0.6) is 0 Å². The molecule has 6 nitrogen and oxygen atoms in total. The molecular weight excluding hydrogens is 270 g/mol. The third kappa shape index (κ3) is 6.18. The van der Waals surface area contributed by atoms with Gasteiger partial charge in [0, 0.05) is 25.4 Å². The molecule has 0 aromatic carbocycles. The standard InChI is InChI=1S/C15H21N3O3/c1-3-18(4-2)10-9-16-15(21)13-7-5-12(11-17-13)6-8-14(19)20/h5-8,11H,3-4,9-10H2,1-2H3,(H,16,21)(H,19,20). The number of carboxylic acid groups (broad SMARTS) is 1. The molecule has 0 aliphatic carbocycles. The molecule has 21 heavy (non-hydrogen) atoms. The Morgan fingerprint density at radius 3 is 2.57 bits per heavy atom. The van der Waals surface area contributed by atoms with E-state index < -0.39 is 5.97 Å². The molecule has 0 aliphatic heterocycles. The van der Waals surface area contributed by atoms with Crippen LogP contribution >= 0.6 is 0 Å². The number of hydrogen-bond acceptors (Lipinski definition) is 4. The van der Waals surface area contributed by atoms with Crippen molar-refractivity contribution in [2.75, 3.05) is 26.2 Å². The summed E-state index contributed by atoms with van der Waals surface area (Å²) < 4.78 is 0. The monoisotopic (exact) mass is 291 g/mol. The number of aliphatic carboxylic acids is 1. The molecule has 0 radical (unpaired) electrons. The van der Waals surface area contributed by atoms with Crippen LogP contribution in [0.2, 0.25) is 0 Å². The summed E-state index contributed by atoms with van der Waals surface area (Å²) in [6, 6.07) is 3.24. The number of amides is 1. The van der Waals surface area contributed by atoms with E-state index >= 15 is 0 Å². The lowest BCUT2D eigenvalue weighted by atomic mass is 10.2. The van der Waals surface area contributed by atoms with Crippen LogP contribution in [0.3, 0.4) is 0 Å². The third-order valence-corrected chi connectivity index (χ3v) is 3.05. The molecule has 0 saturated carbocycles. The summed E-state index contributed by atoms with van der Waals surface area (Å²) in [5.74, 6) is -1.25. The quantitative estimate of drug-likeness (QED) is 0.704. The molecule has 6 heteroatoms. The first-order valence-electron chi connectivity index (χ1n) is 6.94. The minimum Gasteiger partial charge on any atom is -0.478 e. The third-order valence-electron chi connectivity index (χ3n) is 3.05. The Labute approximate surface area is 124 Å². The molecule has 1 aromatic heterocycles. The van der Waals surface area contributed by atoms with Crippen molar-refractivity contribution in [2.24, 2.45) is 0 Å². The van der Waals surface area contributed by atoms with E-state index in [4.69, 9.17) is 5.11 Å². The van der Waals surface area contributed by atoms with E-state index in [9.17, 15) is 9.59 Å². The number of aromatic nitrogens is 1. The Morgan fingerprint density at radius 1 is 1.33 bits per heavy atom. The summed E-state index contributed by atoms with van der Waals surface area (Å²) in [6.07, 6.45) is 3.93. The molecule has 0 saturated heterocycles. The highest BCUT2D eigenvalue weighted by atomic mass is 16.4. The number of nitrogens with one attached hydrogen (secondary N) is 1. The van der Waals surface area contributed by atoms with E-state index in [0.717, 1.165) is 25.7 Å². The van der Waals surface area contributed by atoms with E-state index in [-0.39, 0.29) is 5.91 Å². The van der Waals surface area contributed by atoms with Crippen molar-refractivity contribution in [1.29, 1.82) is 0 Å². The number of nitrogens with zero attached hydrogens (tertiary/aromatic N) is 2. The SMILES string of the molecule is CCN(CC)CCNC(=O)c1ccc(C=CC(=O)O)cn1. The number of rotatable bonds is 8. The second-order valence-electron chi connectivity index (χ2n) is 4.43. The van der Waals surface area contributed by atoms with Gasteiger partial charge in [-0.1, -0.05) is 19.9 Å². The van der Waals surface area contributed by atoms with Crippen molar-refractivity contribution in [3.05, 3.63) is 35.7 Å². The van der Waals surface area contributed by atoms with Crippen molar-refractivity contribution in [3.8, 4) is 0 Å². The van der Waals surface area contributed by atoms with Crippen LogP contribution in [0.25, 0.3) is 6.08 Å². The van der Waals surface area contributed by atoms with E-state index in [1.165, 1.54) is 12.3 Å². The molecule has 0 aliphatic rings. The number of likely N-dealkylation sites (N-methyl/N-ethyl adjacent to an activating group) is 1. The molecular formula is C15H21N3O3. The van der Waals surface area contributed by atoms with Gasteiger partial charge in [-0.2, -0.15) is 0 Å². The van der Waals surface area contributed by atoms with Gasteiger partial charge in [0.1, 0.15) is 5.69 Å². The molecule has 0 fully saturated rings. The molecule has 1 amide bonds. The van der Waals surface area contributed by atoms with E-state index in [1.54, 1.807) is 12.1 Å². The lowest BCUT2D eigenvalue weighted by Crippen LogP contribution is -2.35. The van der Waals surface area contributed by atoms with E-state index in [0.29, 0.717) is 17.8 Å². The van der Waals surface area contributed by atoms with E-state index in [1.807, 2.05) is 0 Å². The van der Waals surface area contributed by atoms with Crippen molar-refractivity contribution in [3.63, 3.8) is 0 Å². The van der Waals surface area contributed by atoms with Crippen LogP contribution in [-0.2, 0) is 4.79 Å². The highest BCUT2D eigenvalue weighted by Crippen LogP contribution is 2.02. The number of carboxylic acids is 1. The molecule has 1 aromatic rings. The Kier molecular flexibility index (Phi) is 7.11. The van der Waals surface area contributed by atoms with Gasteiger partial charge < -0.3 is 15.3 Å². The molecule has 0 bridgehead atoms. The second-order valence-corrected chi connectivity index (χ2v) is 4.43. The molecule has 2 N–H and O–H groups in total. The average Bonchev–Trinajstić information content (AvgIpc) is 2.50. The minimum atomic E-state index is -1.02. The van der Waals surface area contributed by atoms with Crippen LogP contribution in [0, 0.1) is 0 Å². The number of carbonyl (C=O) groups is 2. The molecule has 1 heterocycles. The van der Waals surface area contributed by atoms with Crippen LogP contribution < -0.4 is 5.32 Å². The summed E-state index contributed by atoms with van der Waals surface area (Å²) in [5.41, 5.74) is 0.958. The largest absolute Gasteiger partial charge is 0.478 e. The van der Waals surface area contributed by atoms with Gasteiger partial charge >= 0.3 is 5.97 Å². The van der Waals surface area contributed by atoms with Crippen LogP contribution in [0.1, 0.15) is 29.9 Å². The molecule has 0 unspecified atom stereocenters. The van der Waals surface area contributed by atoms with Gasteiger partial charge in [-0.25, -0.2) is 4.79 Å². The van der Waals surface area contributed by atoms with Crippen molar-refractivity contribution < 1.29 is 14.7 Å². The number of hydrogen-bond donors (Lipinski definition) is 2. The van der Waals surface area contributed by atoms with Gasteiger partial charge in [-0.15, -0.1) is 0 Å². The first-order chi connectivity index (χ1) is 10.1. The van der Waals surface area contributed by atoms with Crippen LogP contribution in [0.4, 0.5) is 0 Å². The highest BCUT2D eigenvalue weighted by molar-refractivity contribution is 5.92. The molecule has 114 valence electrons. The second kappa shape index (κ2) is 8.86. The fourth-order valence-electron chi connectivity index (χ4n) is 1.76. The topological polar surface area (TPSA) is 82.5 Å². The van der Waals surface area contributed by atoms with Gasteiger partial charge in [0.25, 0.3) is 5.91 Å².